The summed E-state index contributed by atoms with van der Waals surface area (Å²) in [6.07, 6.45) is -4.30. The van der Waals surface area contributed by atoms with Crippen molar-refractivity contribution in [3.63, 3.8) is 0 Å². The number of carbonyl (C=O) groups is 2. The van der Waals surface area contributed by atoms with Crippen LogP contribution in [-0.4, -0.2) is 30.4 Å². The standard InChI is InChI=1S/C14H14F3NO3/c1-21-13(20)10-6-12(19)18(8-10)7-9-2-4-11(5-3-9)14(15,16)17/h2-5,10H,6-8H2,1H3. The van der Waals surface area contributed by atoms with Crippen LogP contribution in [-0.2, 0) is 27.0 Å². The third-order valence-electron chi connectivity index (χ3n) is 3.40. The molecule has 1 fully saturated rings. The Kier molecular flexibility index (Phi) is 4.20. The lowest BCUT2D eigenvalue weighted by Gasteiger charge is -2.16. The number of hydrogen-bond donors (Lipinski definition) is 0. The van der Waals surface area contributed by atoms with Gasteiger partial charge in [-0.15, -0.1) is 0 Å². The van der Waals surface area contributed by atoms with Crippen molar-refractivity contribution in [3.05, 3.63) is 35.4 Å². The molecule has 0 aliphatic carbocycles. The molecule has 1 aliphatic rings. The summed E-state index contributed by atoms with van der Waals surface area (Å²) in [5.41, 5.74) is -0.145. The number of rotatable bonds is 3. The average molecular weight is 301 g/mol. The molecule has 1 atom stereocenters. The highest BCUT2D eigenvalue weighted by Crippen LogP contribution is 2.29. The molecule has 1 saturated heterocycles. The number of alkyl halides is 3. The summed E-state index contributed by atoms with van der Waals surface area (Å²) < 4.78 is 41.9. The van der Waals surface area contributed by atoms with E-state index in [9.17, 15) is 22.8 Å². The van der Waals surface area contributed by atoms with Crippen molar-refractivity contribution in [2.75, 3.05) is 13.7 Å². The molecule has 0 bridgehead atoms. The normalized spacial score (nSPS) is 19.0. The number of esters is 1. The minimum absolute atomic E-state index is 0.0767. The second kappa shape index (κ2) is 5.75. The summed E-state index contributed by atoms with van der Waals surface area (Å²) in [5.74, 6) is -1.15. The van der Waals surface area contributed by atoms with Crippen molar-refractivity contribution in [1.29, 1.82) is 0 Å². The monoisotopic (exact) mass is 301 g/mol. The first-order valence-electron chi connectivity index (χ1n) is 6.33. The van der Waals surface area contributed by atoms with Gasteiger partial charge in [-0.25, -0.2) is 0 Å². The number of ether oxygens (including phenoxy) is 1. The SMILES string of the molecule is COC(=O)C1CC(=O)N(Cc2ccc(C(F)(F)F)cc2)C1. The van der Waals surface area contributed by atoms with Crippen molar-refractivity contribution in [3.8, 4) is 0 Å². The Morgan fingerprint density at radius 3 is 2.48 bits per heavy atom. The van der Waals surface area contributed by atoms with E-state index in [1.165, 1.54) is 24.1 Å². The molecular formula is C14H14F3NO3. The summed E-state index contributed by atoms with van der Waals surface area (Å²) in [6.45, 7) is 0.414. The number of amides is 1. The van der Waals surface area contributed by atoms with Gasteiger partial charge in [0, 0.05) is 19.5 Å². The van der Waals surface area contributed by atoms with Gasteiger partial charge in [-0.3, -0.25) is 9.59 Å². The van der Waals surface area contributed by atoms with E-state index in [4.69, 9.17) is 0 Å². The van der Waals surface area contributed by atoms with Crippen LogP contribution >= 0.6 is 0 Å². The van der Waals surface area contributed by atoms with E-state index in [0.717, 1.165) is 12.1 Å². The molecule has 0 radical (unpaired) electrons. The average Bonchev–Trinajstić information content (AvgIpc) is 2.79. The maximum Gasteiger partial charge on any atom is 0.416 e. The van der Waals surface area contributed by atoms with E-state index in [2.05, 4.69) is 4.74 Å². The predicted molar refractivity (Wildman–Crippen MR) is 67.0 cm³/mol. The number of benzene rings is 1. The number of nitrogens with zero attached hydrogens (tertiary/aromatic N) is 1. The zero-order valence-corrected chi connectivity index (χ0v) is 11.3. The van der Waals surface area contributed by atoms with Crippen LogP contribution in [0.15, 0.2) is 24.3 Å². The minimum atomic E-state index is -4.38. The van der Waals surface area contributed by atoms with Crippen LogP contribution in [0.3, 0.4) is 0 Å². The molecule has 7 heteroatoms. The Hall–Kier alpha value is -2.05. The summed E-state index contributed by atoms with van der Waals surface area (Å²) in [5, 5.41) is 0. The van der Waals surface area contributed by atoms with E-state index in [1.807, 2.05) is 0 Å². The predicted octanol–water partition coefficient (Wildman–Crippen LogP) is 2.23. The number of likely N-dealkylation sites (tertiary alicyclic amines) is 1. The molecule has 4 nitrogen and oxygen atoms in total. The van der Waals surface area contributed by atoms with Crippen molar-refractivity contribution < 1.29 is 27.5 Å². The molecule has 1 amide bonds. The lowest BCUT2D eigenvalue weighted by molar-refractivity contribution is -0.145. The van der Waals surface area contributed by atoms with E-state index >= 15 is 0 Å². The molecule has 0 N–H and O–H groups in total. The van der Waals surface area contributed by atoms with Crippen LogP contribution in [0.2, 0.25) is 0 Å². The summed E-state index contributed by atoms with van der Waals surface area (Å²) in [7, 11) is 1.26. The highest BCUT2D eigenvalue weighted by Gasteiger charge is 2.35. The van der Waals surface area contributed by atoms with Gasteiger partial charge in [0.15, 0.2) is 0 Å². The summed E-state index contributed by atoms with van der Waals surface area (Å²) >= 11 is 0. The van der Waals surface area contributed by atoms with Crippen molar-refractivity contribution >= 4 is 11.9 Å². The molecule has 1 aromatic carbocycles. The Balaban J connectivity index is 2.02. The van der Waals surface area contributed by atoms with Crippen LogP contribution in [0, 0.1) is 5.92 Å². The number of halogens is 3. The minimum Gasteiger partial charge on any atom is -0.469 e. The van der Waals surface area contributed by atoms with Crippen LogP contribution in [0.5, 0.6) is 0 Å². The Labute approximate surface area is 119 Å². The van der Waals surface area contributed by atoms with E-state index in [0.29, 0.717) is 5.56 Å². The molecule has 21 heavy (non-hydrogen) atoms. The molecular weight excluding hydrogens is 287 g/mol. The van der Waals surface area contributed by atoms with Gasteiger partial charge in [0.25, 0.3) is 0 Å². The quantitative estimate of drug-likeness (QED) is 0.804. The topological polar surface area (TPSA) is 46.6 Å². The first-order chi connectivity index (χ1) is 9.81. The van der Waals surface area contributed by atoms with Gasteiger partial charge in [-0.05, 0) is 17.7 Å². The zero-order valence-electron chi connectivity index (χ0n) is 11.3. The van der Waals surface area contributed by atoms with Gasteiger partial charge in [-0.1, -0.05) is 12.1 Å². The Bertz CT molecular complexity index is 539. The molecule has 2 rings (SSSR count). The van der Waals surface area contributed by atoms with Gasteiger partial charge in [-0.2, -0.15) is 13.2 Å². The van der Waals surface area contributed by atoms with E-state index < -0.39 is 23.6 Å². The highest BCUT2D eigenvalue weighted by molar-refractivity contribution is 5.86. The summed E-state index contributed by atoms with van der Waals surface area (Å²) in [4.78, 5) is 24.6. The highest BCUT2D eigenvalue weighted by atomic mass is 19.4. The maximum absolute atomic E-state index is 12.4. The number of methoxy groups -OCH3 is 1. The lowest BCUT2D eigenvalue weighted by atomic mass is 10.1. The molecule has 1 heterocycles. The lowest BCUT2D eigenvalue weighted by Crippen LogP contribution is -2.26. The first kappa shape index (κ1) is 15.3. The van der Waals surface area contributed by atoms with Crippen LogP contribution in [0.4, 0.5) is 13.2 Å². The fourth-order valence-corrected chi connectivity index (χ4v) is 2.27. The second-order valence-corrected chi connectivity index (χ2v) is 4.89. The van der Waals surface area contributed by atoms with Gasteiger partial charge < -0.3 is 9.64 Å². The van der Waals surface area contributed by atoms with E-state index in [-0.39, 0.29) is 25.4 Å². The fraction of sp³-hybridized carbons (Fsp3) is 0.429. The van der Waals surface area contributed by atoms with Crippen molar-refractivity contribution in [2.24, 2.45) is 5.92 Å². The zero-order chi connectivity index (χ0) is 15.6. The largest absolute Gasteiger partial charge is 0.469 e. The maximum atomic E-state index is 12.4. The van der Waals surface area contributed by atoms with Gasteiger partial charge >= 0.3 is 12.1 Å². The van der Waals surface area contributed by atoms with Crippen molar-refractivity contribution in [2.45, 2.75) is 19.1 Å². The van der Waals surface area contributed by atoms with Crippen LogP contribution in [0.25, 0.3) is 0 Å². The van der Waals surface area contributed by atoms with Crippen LogP contribution in [0.1, 0.15) is 17.5 Å². The van der Waals surface area contributed by atoms with Gasteiger partial charge in [0.05, 0.1) is 18.6 Å². The third-order valence-corrected chi connectivity index (χ3v) is 3.40. The molecule has 0 saturated carbocycles. The van der Waals surface area contributed by atoms with Crippen molar-refractivity contribution in [1.82, 2.24) is 4.90 Å². The molecule has 114 valence electrons. The molecule has 0 aromatic heterocycles. The molecule has 0 spiro atoms. The van der Waals surface area contributed by atoms with Gasteiger partial charge in [0.1, 0.15) is 0 Å². The van der Waals surface area contributed by atoms with E-state index in [1.54, 1.807) is 0 Å². The van der Waals surface area contributed by atoms with Crippen LogP contribution < -0.4 is 0 Å². The number of carbonyl (C=O) groups excluding carboxylic acids is 2. The third kappa shape index (κ3) is 3.53. The van der Waals surface area contributed by atoms with Gasteiger partial charge in [0.2, 0.25) is 5.91 Å². The Morgan fingerprint density at radius 1 is 1.33 bits per heavy atom. The molecule has 1 aromatic rings. The molecule has 1 aliphatic heterocycles. The summed E-state index contributed by atoms with van der Waals surface area (Å²) in [6, 6.07) is 4.63. The molecule has 1 unspecified atom stereocenters. The number of hydrogen-bond acceptors (Lipinski definition) is 3. The Morgan fingerprint density at radius 2 is 1.95 bits per heavy atom. The second-order valence-electron chi connectivity index (χ2n) is 4.89. The smallest absolute Gasteiger partial charge is 0.416 e. The first-order valence-corrected chi connectivity index (χ1v) is 6.33. The fourth-order valence-electron chi connectivity index (χ4n) is 2.27.